The summed E-state index contributed by atoms with van der Waals surface area (Å²) in [7, 11) is 2.56. The maximum Gasteiger partial charge on any atom is 0.347 e. The average Bonchev–Trinajstić information content (AvgIpc) is 3.07. The van der Waals surface area contributed by atoms with Crippen LogP contribution in [-0.2, 0) is 31.0 Å². The van der Waals surface area contributed by atoms with E-state index < -0.39 is 17.4 Å². The number of piperidine rings is 1. The number of carbonyl (C=O) groups excluding carboxylic acids is 2. The highest BCUT2D eigenvalue weighted by Gasteiger charge is 2.49. The normalized spacial score (nSPS) is 20.4. The lowest BCUT2D eigenvalue weighted by Crippen LogP contribution is -2.47. The molecule has 156 valence electrons. The summed E-state index contributed by atoms with van der Waals surface area (Å²) in [5.41, 5.74) is 3.28. The number of methoxy groups -OCH3 is 2. The van der Waals surface area contributed by atoms with Gasteiger partial charge in [-0.2, -0.15) is 0 Å². The Balaban J connectivity index is 1.81. The molecule has 1 unspecified atom stereocenters. The van der Waals surface area contributed by atoms with Crippen molar-refractivity contribution in [3.63, 3.8) is 0 Å². The Bertz CT molecular complexity index is 968. The van der Waals surface area contributed by atoms with Crippen molar-refractivity contribution in [2.75, 3.05) is 32.6 Å². The van der Waals surface area contributed by atoms with Crippen LogP contribution in [0.5, 0.6) is 0 Å². The molecular weight excluding hydrogens is 380 g/mol. The number of hydrogen-bond acceptors (Lipinski definition) is 6. The highest BCUT2D eigenvalue weighted by molar-refractivity contribution is 6.15. The van der Waals surface area contributed by atoms with Gasteiger partial charge in [-0.3, -0.25) is 4.90 Å². The van der Waals surface area contributed by atoms with Crippen LogP contribution in [0.25, 0.3) is 0 Å². The van der Waals surface area contributed by atoms with Crippen LogP contribution in [0.15, 0.2) is 65.9 Å². The summed E-state index contributed by atoms with van der Waals surface area (Å²) in [4.78, 5) is 27.6. The molecule has 4 rings (SSSR count). The van der Waals surface area contributed by atoms with Crippen molar-refractivity contribution < 1.29 is 19.1 Å². The molecule has 2 aliphatic rings. The molecule has 0 radical (unpaired) electrons. The van der Waals surface area contributed by atoms with Crippen LogP contribution < -0.4 is 5.32 Å². The van der Waals surface area contributed by atoms with Gasteiger partial charge in [0, 0.05) is 24.5 Å². The molecule has 1 N–H and O–H groups in total. The number of esters is 2. The lowest BCUT2D eigenvalue weighted by molar-refractivity contribution is -0.144. The van der Waals surface area contributed by atoms with Crippen LogP contribution >= 0.6 is 0 Å². The number of hydrogen-bond donors (Lipinski definition) is 1. The lowest BCUT2D eigenvalue weighted by Gasteiger charge is -2.42. The Hall–Kier alpha value is -3.12. The molecule has 0 bridgehead atoms. The second kappa shape index (κ2) is 8.32. The summed E-state index contributed by atoms with van der Waals surface area (Å²) in [6, 6.07) is 18.3. The van der Waals surface area contributed by atoms with Gasteiger partial charge in [-0.05, 0) is 36.6 Å². The Morgan fingerprint density at radius 3 is 2.37 bits per heavy atom. The van der Waals surface area contributed by atoms with Gasteiger partial charge in [0.05, 0.1) is 19.6 Å². The number of nitrogens with zero attached hydrogens (tertiary/aromatic N) is 1. The molecular formula is C24H26N2O4. The molecule has 2 aliphatic heterocycles. The summed E-state index contributed by atoms with van der Waals surface area (Å²) in [6.07, 6.45) is 1.77. The van der Waals surface area contributed by atoms with Crippen LogP contribution in [0.3, 0.4) is 0 Å². The van der Waals surface area contributed by atoms with Crippen molar-refractivity contribution >= 4 is 17.6 Å². The molecule has 1 atom stereocenters. The fraction of sp³-hybridized carbons (Fsp3) is 0.333. The molecule has 0 aliphatic carbocycles. The molecule has 1 fully saturated rings. The molecule has 6 nitrogen and oxygen atoms in total. The summed E-state index contributed by atoms with van der Waals surface area (Å²) >= 11 is 0. The average molecular weight is 406 g/mol. The molecule has 30 heavy (non-hydrogen) atoms. The number of carbonyl (C=O) groups is 2. The number of likely N-dealkylation sites (tertiary alicyclic amines) is 1. The van der Waals surface area contributed by atoms with E-state index in [-0.39, 0.29) is 5.57 Å². The topological polar surface area (TPSA) is 67.9 Å². The second-order valence-electron chi connectivity index (χ2n) is 7.79. The van der Waals surface area contributed by atoms with Crippen molar-refractivity contribution in [1.82, 2.24) is 4.90 Å². The van der Waals surface area contributed by atoms with Crippen molar-refractivity contribution in [2.45, 2.75) is 24.8 Å². The SMILES string of the molecule is COC(=O)C(C(=O)OC)=C1Nc2ccccc2C12CCCN(Cc1ccccc1)C2. The van der Waals surface area contributed by atoms with Gasteiger partial charge in [-0.25, -0.2) is 9.59 Å². The Labute approximate surface area is 176 Å². The minimum absolute atomic E-state index is 0.0576. The number of benzene rings is 2. The minimum Gasteiger partial charge on any atom is -0.465 e. The third-order valence-electron chi connectivity index (χ3n) is 6.03. The number of nitrogens with one attached hydrogen (secondary N) is 1. The predicted molar refractivity (Wildman–Crippen MR) is 114 cm³/mol. The number of ether oxygens (including phenoxy) is 2. The van der Waals surface area contributed by atoms with Crippen LogP contribution in [0.4, 0.5) is 5.69 Å². The third-order valence-corrected chi connectivity index (χ3v) is 6.03. The second-order valence-corrected chi connectivity index (χ2v) is 7.79. The maximum absolute atomic E-state index is 12.6. The first-order valence-electron chi connectivity index (χ1n) is 10.1. The van der Waals surface area contributed by atoms with Crippen LogP contribution in [-0.4, -0.2) is 44.1 Å². The van der Waals surface area contributed by atoms with Crippen molar-refractivity contribution in [3.05, 3.63) is 77.0 Å². The molecule has 0 amide bonds. The van der Waals surface area contributed by atoms with E-state index in [0.29, 0.717) is 12.2 Å². The molecule has 2 aromatic rings. The van der Waals surface area contributed by atoms with Gasteiger partial charge in [0.1, 0.15) is 0 Å². The Kier molecular flexibility index (Phi) is 5.59. The van der Waals surface area contributed by atoms with E-state index in [1.807, 2.05) is 36.4 Å². The summed E-state index contributed by atoms with van der Waals surface area (Å²) in [5, 5.41) is 3.36. The highest BCUT2D eigenvalue weighted by Crippen LogP contribution is 2.50. The molecule has 0 aromatic heterocycles. The Morgan fingerprint density at radius 2 is 1.67 bits per heavy atom. The van der Waals surface area contributed by atoms with Gasteiger partial charge in [-0.15, -0.1) is 0 Å². The van der Waals surface area contributed by atoms with E-state index in [9.17, 15) is 9.59 Å². The fourth-order valence-corrected chi connectivity index (χ4v) is 4.74. The van der Waals surface area contributed by atoms with Gasteiger partial charge < -0.3 is 14.8 Å². The number of anilines is 1. The molecule has 1 spiro atoms. The van der Waals surface area contributed by atoms with E-state index in [4.69, 9.17) is 9.47 Å². The first-order valence-corrected chi connectivity index (χ1v) is 10.1. The molecule has 2 heterocycles. The standard InChI is InChI=1S/C24H26N2O4/c1-29-22(27)20(23(28)30-2)21-24(18-11-6-7-12-19(18)25-21)13-8-14-26(16-24)15-17-9-4-3-5-10-17/h3-7,9-12,25H,8,13-16H2,1-2H3. The van der Waals surface area contributed by atoms with Gasteiger partial charge in [0.15, 0.2) is 5.57 Å². The van der Waals surface area contributed by atoms with E-state index in [2.05, 4.69) is 28.4 Å². The highest BCUT2D eigenvalue weighted by atomic mass is 16.5. The Morgan fingerprint density at radius 1 is 1.00 bits per heavy atom. The van der Waals surface area contributed by atoms with E-state index in [0.717, 1.165) is 37.2 Å². The van der Waals surface area contributed by atoms with Crippen molar-refractivity contribution in [1.29, 1.82) is 0 Å². The number of para-hydroxylation sites is 1. The smallest absolute Gasteiger partial charge is 0.347 e. The zero-order valence-corrected chi connectivity index (χ0v) is 17.3. The zero-order chi connectivity index (χ0) is 21.1. The molecule has 6 heteroatoms. The van der Waals surface area contributed by atoms with Crippen LogP contribution in [0.2, 0.25) is 0 Å². The fourth-order valence-electron chi connectivity index (χ4n) is 4.74. The first-order chi connectivity index (χ1) is 14.6. The van der Waals surface area contributed by atoms with Gasteiger partial charge in [0.2, 0.25) is 0 Å². The van der Waals surface area contributed by atoms with Crippen LogP contribution in [0.1, 0.15) is 24.0 Å². The summed E-state index contributed by atoms with van der Waals surface area (Å²) < 4.78 is 9.90. The predicted octanol–water partition coefficient (Wildman–Crippen LogP) is 3.25. The monoisotopic (exact) mass is 406 g/mol. The number of fused-ring (bicyclic) bond motifs is 2. The van der Waals surface area contributed by atoms with Crippen molar-refractivity contribution in [3.8, 4) is 0 Å². The molecule has 0 saturated carbocycles. The summed E-state index contributed by atoms with van der Waals surface area (Å²) in [6.45, 7) is 2.46. The first kappa shape index (κ1) is 20.2. The van der Waals surface area contributed by atoms with E-state index in [1.165, 1.54) is 19.8 Å². The lowest BCUT2D eigenvalue weighted by atomic mass is 9.72. The van der Waals surface area contributed by atoms with E-state index in [1.54, 1.807) is 0 Å². The third kappa shape index (κ3) is 3.48. The van der Waals surface area contributed by atoms with Crippen LogP contribution in [0, 0.1) is 0 Å². The van der Waals surface area contributed by atoms with Crippen molar-refractivity contribution in [2.24, 2.45) is 0 Å². The largest absolute Gasteiger partial charge is 0.465 e. The van der Waals surface area contributed by atoms with Gasteiger partial charge >= 0.3 is 11.9 Å². The zero-order valence-electron chi connectivity index (χ0n) is 17.3. The quantitative estimate of drug-likeness (QED) is 0.364. The van der Waals surface area contributed by atoms with Gasteiger partial charge in [-0.1, -0.05) is 48.5 Å². The van der Waals surface area contributed by atoms with E-state index >= 15 is 0 Å². The van der Waals surface area contributed by atoms with Gasteiger partial charge in [0.25, 0.3) is 0 Å². The molecule has 1 saturated heterocycles. The maximum atomic E-state index is 12.6. The summed E-state index contributed by atoms with van der Waals surface area (Å²) in [5.74, 6) is -1.37. The molecule has 2 aromatic carbocycles. The number of rotatable bonds is 4. The minimum atomic E-state index is -0.684.